The van der Waals surface area contributed by atoms with Crippen LogP contribution >= 0.6 is 11.6 Å². The lowest BCUT2D eigenvalue weighted by Crippen LogP contribution is -2.46. The Kier molecular flexibility index (Phi) is 3.54. The van der Waals surface area contributed by atoms with Crippen molar-refractivity contribution in [1.29, 1.82) is 0 Å². The average molecular weight is 269 g/mol. The van der Waals surface area contributed by atoms with Gasteiger partial charge in [-0.05, 0) is 17.7 Å². The summed E-state index contributed by atoms with van der Waals surface area (Å²) in [6, 6.07) is 6.88. The summed E-state index contributed by atoms with van der Waals surface area (Å²) in [4.78, 5) is 22.4. The number of esters is 1. The van der Waals surface area contributed by atoms with Gasteiger partial charge in [0.05, 0.1) is 19.4 Å². The predicted octanol–water partition coefficient (Wildman–Crippen LogP) is 1.19. The Balaban J connectivity index is 2.05. The molecule has 1 radical (unpaired) electrons. The second-order valence-electron chi connectivity index (χ2n) is 3.83. The number of cyclic esters (lactones) is 1. The van der Waals surface area contributed by atoms with Gasteiger partial charge in [0, 0.05) is 5.02 Å². The monoisotopic (exact) mass is 268 g/mol. The third kappa shape index (κ3) is 2.63. The van der Waals surface area contributed by atoms with E-state index in [4.69, 9.17) is 26.8 Å². The normalized spacial score (nSPS) is 22.8. The minimum absolute atomic E-state index is 0.00353. The molecule has 6 heteroatoms. The number of hydrogen-bond donors (Lipinski definition) is 1. The predicted molar refractivity (Wildman–Crippen MR) is 63.2 cm³/mol. The summed E-state index contributed by atoms with van der Waals surface area (Å²) in [7, 11) is 0. The van der Waals surface area contributed by atoms with Gasteiger partial charge in [0.2, 0.25) is 0 Å². The van der Waals surface area contributed by atoms with E-state index in [1.54, 1.807) is 24.3 Å². The van der Waals surface area contributed by atoms with Gasteiger partial charge >= 0.3 is 5.97 Å². The summed E-state index contributed by atoms with van der Waals surface area (Å²) >= 11 is 5.75. The summed E-state index contributed by atoms with van der Waals surface area (Å²) in [5, 5.41) is 0.599. The zero-order valence-electron chi connectivity index (χ0n) is 9.39. The second-order valence-corrected chi connectivity index (χ2v) is 4.27. The molecule has 5 nitrogen and oxygen atoms in total. The van der Waals surface area contributed by atoms with Crippen LogP contribution in [0, 0.1) is 6.42 Å². The average Bonchev–Trinajstić information content (AvgIpc) is 2.72. The third-order valence-electron chi connectivity index (χ3n) is 2.51. The number of primary amides is 1. The summed E-state index contributed by atoms with van der Waals surface area (Å²) in [5.74, 6) is -3.14. The van der Waals surface area contributed by atoms with Gasteiger partial charge in [0.1, 0.15) is 0 Å². The summed E-state index contributed by atoms with van der Waals surface area (Å²) in [6.45, 7) is 0.0872. The first kappa shape index (κ1) is 12.9. The molecule has 18 heavy (non-hydrogen) atoms. The van der Waals surface area contributed by atoms with Crippen molar-refractivity contribution in [3.05, 3.63) is 41.3 Å². The molecule has 1 fully saturated rings. The zero-order chi connectivity index (χ0) is 13.2. The highest BCUT2D eigenvalue weighted by Gasteiger charge is 2.47. The maximum absolute atomic E-state index is 11.3. The zero-order valence-corrected chi connectivity index (χ0v) is 10.1. The topological polar surface area (TPSA) is 78.6 Å². The van der Waals surface area contributed by atoms with E-state index in [2.05, 4.69) is 0 Å². The van der Waals surface area contributed by atoms with Gasteiger partial charge in [-0.25, -0.2) is 0 Å². The van der Waals surface area contributed by atoms with Gasteiger partial charge in [-0.1, -0.05) is 23.7 Å². The van der Waals surface area contributed by atoms with E-state index in [1.807, 2.05) is 0 Å². The molecule has 0 bridgehead atoms. The van der Waals surface area contributed by atoms with Crippen molar-refractivity contribution < 1.29 is 19.1 Å². The van der Waals surface area contributed by atoms with Gasteiger partial charge < -0.3 is 15.2 Å². The molecule has 2 rings (SSSR count). The molecule has 0 aromatic heterocycles. The largest absolute Gasteiger partial charge is 0.423 e. The molecular weight excluding hydrogens is 258 g/mol. The van der Waals surface area contributed by atoms with E-state index in [0.29, 0.717) is 5.02 Å². The van der Waals surface area contributed by atoms with Crippen LogP contribution in [0.4, 0.5) is 0 Å². The molecule has 95 valence electrons. The molecular formula is C12H11ClNO4. The van der Waals surface area contributed by atoms with Gasteiger partial charge in [-0.3, -0.25) is 9.59 Å². The lowest BCUT2D eigenvalue weighted by Gasteiger charge is -2.23. The lowest BCUT2D eigenvalue weighted by molar-refractivity contribution is -0.205. The lowest BCUT2D eigenvalue weighted by atomic mass is 10.1. The first-order chi connectivity index (χ1) is 8.52. The first-order valence-electron chi connectivity index (χ1n) is 5.26. The van der Waals surface area contributed by atoms with Gasteiger partial charge in [-0.2, -0.15) is 0 Å². The Hall–Kier alpha value is -1.59. The highest BCUT2D eigenvalue weighted by molar-refractivity contribution is 6.30. The molecule has 1 amide bonds. The number of carbonyl (C=O) groups excluding carboxylic acids is 2. The van der Waals surface area contributed by atoms with E-state index >= 15 is 0 Å². The highest BCUT2D eigenvalue weighted by atomic mass is 35.5. The standard InChI is InChI=1S/C12H11ClNO4/c13-9-3-1-8(2-4-9)7-17-12(11(14)16)6-5-10(15)18-12/h1-4,6H,5,7H2,(H2,14,16). The molecule has 0 aliphatic carbocycles. The Morgan fingerprint density at radius 1 is 1.44 bits per heavy atom. The maximum Gasteiger partial charge on any atom is 0.309 e. The third-order valence-corrected chi connectivity index (χ3v) is 2.76. The van der Waals surface area contributed by atoms with E-state index in [0.717, 1.165) is 5.56 Å². The fraction of sp³-hybridized carbons (Fsp3) is 0.250. The Morgan fingerprint density at radius 2 is 2.11 bits per heavy atom. The minimum Gasteiger partial charge on any atom is -0.423 e. The van der Waals surface area contributed by atoms with Crippen LogP contribution in [0.2, 0.25) is 5.02 Å². The van der Waals surface area contributed by atoms with Crippen LogP contribution in [0.1, 0.15) is 12.0 Å². The van der Waals surface area contributed by atoms with Crippen LogP contribution in [-0.2, 0) is 25.7 Å². The Bertz CT molecular complexity index is 473. The smallest absolute Gasteiger partial charge is 0.309 e. The van der Waals surface area contributed by atoms with Crippen LogP contribution in [0.5, 0.6) is 0 Å². The maximum atomic E-state index is 11.3. The second kappa shape index (κ2) is 4.96. The molecule has 1 atom stereocenters. The number of halogens is 1. The Labute approximate surface area is 109 Å². The Morgan fingerprint density at radius 3 is 2.61 bits per heavy atom. The van der Waals surface area contributed by atoms with Crippen LogP contribution in [0.25, 0.3) is 0 Å². The van der Waals surface area contributed by atoms with Crippen LogP contribution in [-0.4, -0.2) is 17.7 Å². The van der Waals surface area contributed by atoms with E-state index in [1.165, 1.54) is 6.42 Å². The molecule has 1 aromatic carbocycles. The number of hydrogen-bond acceptors (Lipinski definition) is 4. The molecule has 1 aliphatic heterocycles. The highest BCUT2D eigenvalue weighted by Crippen LogP contribution is 2.28. The van der Waals surface area contributed by atoms with E-state index in [-0.39, 0.29) is 13.0 Å². The SMILES string of the molecule is NC(=O)C1(OCc2ccc(Cl)cc2)[CH]CC(=O)O1. The van der Waals surface area contributed by atoms with Crippen LogP contribution in [0.3, 0.4) is 0 Å². The van der Waals surface area contributed by atoms with E-state index < -0.39 is 17.7 Å². The van der Waals surface area contributed by atoms with Gasteiger partial charge in [0.15, 0.2) is 0 Å². The molecule has 1 aliphatic rings. The van der Waals surface area contributed by atoms with Crippen molar-refractivity contribution in [2.75, 3.05) is 0 Å². The van der Waals surface area contributed by atoms with Crippen molar-refractivity contribution >= 4 is 23.5 Å². The quantitative estimate of drug-likeness (QED) is 0.832. The summed E-state index contributed by atoms with van der Waals surface area (Å²) < 4.78 is 10.2. The van der Waals surface area contributed by atoms with Crippen LogP contribution < -0.4 is 5.73 Å². The van der Waals surface area contributed by atoms with E-state index in [9.17, 15) is 9.59 Å². The first-order valence-corrected chi connectivity index (χ1v) is 5.64. The number of rotatable bonds is 4. The number of nitrogens with two attached hydrogens (primary N) is 1. The van der Waals surface area contributed by atoms with Crippen molar-refractivity contribution in [3.8, 4) is 0 Å². The molecule has 0 saturated carbocycles. The fourth-order valence-electron chi connectivity index (χ4n) is 1.55. The number of carbonyl (C=O) groups is 2. The van der Waals surface area contributed by atoms with Crippen molar-refractivity contribution in [2.45, 2.75) is 18.8 Å². The van der Waals surface area contributed by atoms with Crippen molar-refractivity contribution in [1.82, 2.24) is 0 Å². The molecule has 2 N–H and O–H groups in total. The number of benzene rings is 1. The molecule has 1 unspecified atom stereocenters. The van der Waals surface area contributed by atoms with Crippen molar-refractivity contribution in [3.63, 3.8) is 0 Å². The molecule has 0 spiro atoms. The van der Waals surface area contributed by atoms with Crippen LogP contribution in [0.15, 0.2) is 24.3 Å². The molecule has 1 heterocycles. The molecule has 1 aromatic rings. The summed E-state index contributed by atoms with van der Waals surface area (Å²) in [5.41, 5.74) is 5.98. The number of amides is 1. The summed E-state index contributed by atoms with van der Waals surface area (Å²) in [6.07, 6.45) is 1.33. The van der Waals surface area contributed by atoms with Crippen molar-refractivity contribution in [2.24, 2.45) is 5.73 Å². The number of ether oxygens (including phenoxy) is 2. The van der Waals surface area contributed by atoms with Gasteiger partial charge in [-0.15, -0.1) is 0 Å². The van der Waals surface area contributed by atoms with Gasteiger partial charge in [0.25, 0.3) is 11.7 Å². The fourth-order valence-corrected chi connectivity index (χ4v) is 1.68. The minimum atomic E-state index is -1.75. The molecule has 1 saturated heterocycles.